The Morgan fingerprint density at radius 2 is 1.80 bits per heavy atom. The van der Waals surface area contributed by atoms with E-state index in [-0.39, 0.29) is 33.9 Å². The number of amidine groups is 1. The Bertz CT molecular complexity index is 1780. The largest absolute Gasteiger partial charge is 0.573 e. The molecule has 17 heteroatoms. The van der Waals surface area contributed by atoms with E-state index in [2.05, 4.69) is 25.1 Å². The van der Waals surface area contributed by atoms with Crippen LogP contribution in [0.1, 0.15) is 12.0 Å². The Morgan fingerprint density at radius 3 is 2.52 bits per heavy atom. The fraction of sp³-hybridized carbons (Fsp3) is 0.207. The second-order valence-corrected chi connectivity index (χ2v) is 10.6. The molecule has 1 N–H and O–H groups in total. The number of aromatic nitrogens is 3. The lowest BCUT2D eigenvalue weighted by Gasteiger charge is -2.20. The molecule has 0 saturated carbocycles. The zero-order valence-corrected chi connectivity index (χ0v) is 24.4. The molecule has 0 aliphatic carbocycles. The van der Waals surface area contributed by atoms with Crippen LogP contribution in [0.25, 0.3) is 17.1 Å². The standard InChI is InChI=1S/C29H22F6N6O4S/c1-17-5-10-23(44-12-11-28(30,31)32)22(13-17)41-24(42)15-46-27(41)38-26(43)37-19-8-6-18(7-9-19)25-36-16-40(39-25)20-3-2-4-21(14-20)45-29(33,34)35/h2-10,13-14,16H,11-12,15H2,1H3,(H,37,43). The van der Waals surface area contributed by atoms with Gasteiger partial charge in [-0.1, -0.05) is 23.9 Å². The summed E-state index contributed by atoms with van der Waals surface area (Å²) >= 11 is 0.986. The molecule has 0 radical (unpaired) electrons. The number of rotatable bonds is 8. The van der Waals surface area contributed by atoms with Crippen molar-refractivity contribution in [1.29, 1.82) is 0 Å². The predicted molar refractivity (Wildman–Crippen MR) is 157 cm³/mol. The summed E-state index contributed by atoms with van der Waals surface area (Å²) in [5.41, 5.74) is 2.02. The highest BCUT2D eigenvalue weighted by Gasteiger charge is 2.34. The van der Waals surface area contributed by atoms with Gasteiger partial charge >= 0.3 is 18.6 Å². The van der Waals surface area contributed by atoms with Gasteiger partial charge in [-0.25, -0.2) is 14.5 Å². The van der Waals surface area contributed by atoms with E-state index < -0.39 is 43.3 Å². The fourth-order valence-electron chi connectivity index (χ4n) is 4.17. The number of hydrogen-bond acceptors (Lipinski definition) is 7. The van der Waals surface area contributed by atoms with Crippen molar-refractivity contribution in [3.05, 3.63) is 78.6 Å². The number of nitrogens with one attached hydrogen (secondary N) is 1. The van der Waals surface area contributed by atoms with Crippen molar-refractivity contribution in [1.82, 2.24) is 14.8 Å². The van der Waals surface area contributed by atoms with Crippen LogP contribution in [0.5, 0.6) is 11.5 Å². The molecule has 0 bridgehead atoms. The second-order valence-electron chi connectivity index (χ2n) is 9.66. The summed E-state index contributed by atoms with van der Waals surface area (Å²) in [6.45, 7) is 1.08. The van der Waals surface area contributed by atoms with E-state index in [1.807, 2.05) is 0 Å². The lowest BCUT2D eigenvalue weighted by molar-refractivity contribution is -0.274. The van der Waals surface area contributed by atoms with Crippen molar-refractivity contribution in [2.24, 2.45) is 4.99 Å². The molecule has 3 amide bonds. The predicted octanol–water partition coefficient (Wildman–Crippen LogP) is 7.14. The number of aryl methyl sites for hydroxylation is 1. The topological polar surface area (TPSA) is 111 Å². The average Bonchev–Trinajstić information content (AvgIpc) is 3.60. The van der Waals surface area contributed by atoms with Crippen molar-refractivity contribution in [3.63, 3.8) is 0 Å². The van der Waals surface area contributed by atoms with Gasteiger partial charge in [0.1, 0.15) is 17.8 Å². The van der Waals surface area contributed by atoms with Crippen LogP contribution in [0.4, 0.5) is 42.5 Å². The van der Waals surface area contributed by atoms with Gasteiger partial charge in [-0.3, -0.25) is 9.69 Å². The summed E-state index contributed by atoms with van der Waals surface area (Å²) in [7, 11) is 0. The number of aliphatic imine (C=N–C) groups is 1. The first-order valence-electron chi connectivity index (χ1n) is 13.3. The molecule has 1 aliphatic heterocycles. The summed E-state index contributed by atoms with van der Waals surface area (Å²) < 4.78 is 86.2. The molecule has 1 saturated heterocycles. The first-order chi connectivity index (χ1) is 21.7. The minimum atomic E-state index is -4.84. The summed E-state index contributed by atoms with van der Waals surface area (Å²) in [6, 6.07) is 15.3. The van der Waals surface area contributed by atoms with E-state index in [1.54, 1.807) is 43.3 Å². The van der Waals surface area contributed by atoms with Crippen LogP contribution in [0.15, 0.2) is 78.0 Å². The Hall–Kier alpha value is -5.06. The number of carbonyl (C=O) groups excluding carboxylic acids is 2. The summed E-state index contributed by atoms with van der Waals surface area (Å²) in [5.74, 6) is -0.603. The fourth-order valence-corrected chi connectivity index (χ4v) is 5.02. The molecule has 0 unspecified atom stereocenters. The molecule has 10 nitrogen and oxygen atoms in total. The van der Waals surface area contributed by atoms with E-state index in [0.29, 0.717) is 16.8 Å². The molecule has 5 rings (SSSR count). The molecule has 1 aliphatic rings. The van der Waals surface area contributed by atoms with Crippen LogP contribution < -0.4 is 19.7 Å². The maximum absolute atomic E-state index is 12.8. The molecular formula is C29H22F6N6O4S. The Labute approximate surface area is 261 Å². The van der Waals surface area contributed by atoms with Crippen molar-refractivity contribution >= 4 is 40.2 Å². The molecule has 0 atom stereocenters. The highest BCUT2D eigenvalue weighted by atomic mass is 32.2. The molecule has 2 heterocycles. The maximum atomic E-state index is 12.8. The number of amides is 3. The SMILES string of the molecule is Cc1ccc(OCCC(F)(F)F)c(N2C(=O)CSC2=NC(=O)Nc2ccc(-c3ncn(-c4cccc(OC(F)(F)F)c4)n3)cc2)c1. The molecule has 1 fully saturated rings. The van der Waals surface area contributed by atoms with E-state index >= 15 is 0 Å². The van der Waals surface area contributed by atoms with Crippen LogP contribution in [0, 0.1) is 6.92 Å². The zero-order valence-electron chi connectivity index (χ0n) is 23.6. The Morgan fingerprint density at radius 1 is 1.04 bits per heavy atom. The van der Waals surface area contributed by atoms with Gasteiger partial charge in [0.2, 0.25) is 5.91 Å². The van der Waals surface area contributed by atoms with Crippen LogP contribution in [0.3, 0.4) is 0 Å². The van der Waals surface area contributed by atoms with Gasteiger partial charge < -0.3 is 14.8 Å². The molecule has 3 aromatic carbocycles. The molecule has 1 aromatic heterocycles. The van der Waals surface area contributed by atoms with Gasteiger partial charge in [0.15, 0.2) is 11.0 Å². The summed E-state index contributed by atoms with van der Waals surface area (Å²) in [6.07, 6.45) is -9.13. The van der Waals surface area contributed by atoms with Gasteiger partial charge in [-0.2, -0.15) is 18.2 Å². The van der Waals surface area contributed by atoms with Gasteiger partial charge in [-0.05, 0) is 61.0 Å². The van der Waals surface area contributed by atoms with Crippen molar-refractivity contribution < 1.29 is 45.4 Å². The minimum absolute atomic E-state index is 0.0184. The smallest absolute Gasteiger partial charge is 0.491 e. The van der Waals surface area contributed by atoms with E-state index in [9.17, 15) is 35.9 Å². The highest BCUT2D eigenvalue weighted by molar-refractivity contribution is 8.15. The monoisotopic (exact) mass is 664 g/mol. The number of alkyl halides is 6. The molecular weight excluding hydrogens is 642 g/mol. The zero-order chi connectivity index (χ0) is 33.1. The molecule has 4 aromatic rings. The van der Waals surface area contributed by atoms with E-state index in [4.69, 9.17) is 4.74 Å². The Kier molecular flexibility index (Phi) is 9.22. The first kappa shape index (κ1) is 32.3. The van der Waals surface area contributed by atoms with Crippen LogP contribution in [0.2, 0.25) is 0 Å². The van der Waals surface area contributed by atoms with Gasteiger partial charge in [0.25, 0.3) is 0 Å². The number of halogens is 6. The number of hydrogen-bond donors (Lipinski definition) is 1. The normalized spacial score (nSPS) is 14.5. The van der Waals surface area contributed by atoms with Gasteiger partial charge in [-0.15, -0.1) is 18.3 Å². The van der Waals surface area contributed by atoms with Gasteiger partial charge in [0, 0.05) is 17.3 Å². The molecule has 240 valence electrons. The number of carbonyl (C=O) groups is 2. The lowest BCUT2D eigenvalue weighted by atomic mass is 10.2. The third-order valence-electron chi connectivity index (χ3n) is 6.16. The third kappa shape index (κ3) is 8.35. The lowest BCUT2D eigenvalue weighted by Crippen LogP contribution is -2.31. The van der Waals surface area contributed by atoms with Crippen LogP contribution in [-0.2, 0) is 4.79 Å². The molecule has 0 spiro atoms. The number of thioether (sulfide) groups is 1. The molecule has 46 heavy (non-hydrogen) atoms. The quantitative estimate of drug-likeness (QED) is 0.199. The van der Waals surface area contributed by atoms with Gasteiger partial charge in [0.05, 0.1) is 30.2 Å². The number of nitrogens with zero attached hydrogens (tertiary/aromatic N) is 5. The van der Waals surface area contributed by atoms with E-state index in [0.717, 1.165) is 28.8 Å². The number of urea groups is 1. The highest BCUT2D eigenvalue weighted by Crippen LogP contribution is 2.36. The van der Waals surface area contributed by atoms with Crippen molar-refractivity contribution in [3.8, 4) is 28.6 Å². The van der Waals surface area contributed by atoms with Crippen LogP contribution >= 0.6 is 11.8 Å². The van der Waals surface area contributed by atoms with Crippen molar-refractivity contribution in [2.45, 2.75) is 25.9 Å². The number of anilines is 2. The summed E-state index contributed by atoms with van der Waals surface area (Å²) in [5, 5.41) is 6.89. The maximum Gasteiger partial charge on any atom is 0.573 e. The number of benzene rings is 3. The average molecular weight is 665 g/mol. The van der Waals surface area contributed by atoms with Crippen molar-refractivity contribution in [2.75, 3.05) is 22.6 Å². The first-order valence-corrected chi connectivity index (χ1v) is 14.3. The van der Waals surface area contributed by atoms with Crippen LogP contribution in [-0.4, -0.2) is 56.8 Å². The minimum Gasteiger partial charge on any atom is -0.491 e. The summed E-state index contributed by atoms with van der Waals surface area (Å²) in [4.78, 5) is 34.9. The van der Waals surface area contributed by atoms with E-state index in [1.165, 1.54) is 29.2 Å². The number of ether oxygens (including phenoxy) is 2. The second kappa shape index (κ2) is 13.1. The Balaban J connectivity index is 1.27. The third-order valence-corrected chi connectivity index (χ3v) is 7.09.